The number of likely N-dealkylation sites (tertiary alicyclic amines) is 1. The van der Waals surface area contributed by atoms with E-state index < -0.39 is 6.04 Å². The number of hydrogen-bond donors (Lipinski definition) is 1. The molecule has 0 saturated carbocycles. The van der Waals surface area contributed by atoms with Gasteiger partial charge in [-0.05, 0) is 60.2 Å². The van der Waals surface area contributed by atoms with Crippen LogP contribution in [0.3, 0.4) is 0 Å². The first kappa shape index (κ1) is 23.9. The second-order valence-electron chi connectivity index (χ2n) is 9.83. The molecule has 1 aliphatic rings. The number of benzene rings is 2. The summed E-state index contributed by atoms with van der Waals surface area (Å²) in [5, 5.41) is 12.4. The Labute approximate surface area is 204 Å². The van der Waals surface area contributed by atoms with Gasteiger partial charge in [0.2, 0.25) is 11.0 Å². The molecule has 1 fully saturated rings. The first-order chi connectivity index (χ1) is 16.1. The van der Waals surface area contributed by atoms with Crippen LogP contribution in [-0.2, 0) is 10.2 Å². The first-order valence-corrected chi connectivity index (χ1v) is 12.3. The van der Waals surface area contributed by atoms with Crippen LogP contribution in [0.2, 0.25) is 0 Å². The molecule has 0 radical (unpaired) electrons. The standard InChI is InChI=1S/C26H31N5O2S/c1-26(2,3)19-12-8-18(9-13-19)24(33)31-16-6-7-21(31)22(32)27-25-29-28-23(34-25)17-10-14-20(15-11-17)30(4)5/h8-15,21H,6-7,16H2,1-5H3,(H,27,29,32). The molecule has 34 heavy (non-hydrogen) atoms. The number of aromatic nitrogens is 2. The molecule has 0 spiro atoms. The lowest BCUT2D eigenvalue weighted by atomic mass is 9.86. The Hall–Kier alpha value is -3.26. The van der Waals surface area contributed by atoms with E-state index in [0.717, 1.165) is 22.7 Å². The van der Waals surface area contributed by atoms with Gasteiger partial charge in [-0.15, -0.1) is 10.2 Å². The van der Waals surface area contributed by atoms with Crippen molar-refractivity contribution in [1.29, 1.82) is 0 Å². The van der Waals surface area contributed by atoms with Crippen molar-refractivity contribution in [2.45, 2.75) is 45.1 Å². The molecule has 3 aromatic rings. The van der Waals surface area contributed by atoms with Gasteiger partial charge in [0.25, 0.3) is 5.91 Å². The first-order valence-electron chi connectivity index (χ1n) is 11.5. The maximum Gasteiger partial charge on any atom is 0.254 e. The zero-order valence-corrected chi connectivity index (χ0v) is 21.1. The summed E-state index contributed by atoms with van der Waals surface area (Å²) in [7, 11) is 3.98. The van der Waals surface area contributed by atoms with E-state index in [2.05, 4.69) is 36.3 Å². The van der Waals surface area contributed by atoms with Gasteiger partial charge in [-0.2, -0.15) is 0 Å². The van der Waals surface area contributed by atoms with Crippen LogP contribution in [0.5, 0.6) is 0 Å². The van der Waals surface area contributed by atoms with Crippen LogP contribution in [0, 0.1) is 0 Å². The van der Waals surface area contributed by atoms with Crippen LogP contribution < -0.4 is 10.2 Å². The van der Waals surface area contributed by atoms with Gasteiger partial charge in [0.05, 0.1) is 0 Å². The summed E-state index contributed by atoms with van der Waals surface area (Å²) < 4.78 is 0. The van der Waals surface area contributed by atoms with Crippen molar-refractivity contribution in [2.24, 2.45) is 0 Å². The van der Waals surface area contributed by atoms with Gasteiger partial charge in [0.1, 0.15) is 11.0 Å². The molecule has 1 atom stereocenters. The molecular weight excluding hydrogens is 446 g/mol. The minimum Gasteiger partial charge on any atom is -0.378 e. The summed E-state index contributed by atoms with van der Waals surface area (Å²) in [6, 6.07) is 15.2. The van der Waals surface area contributed by atoms with Crippen LogP contribution in [0.25, 0.3) is 10.6 Å². The maximum absolute atomic E-state index is 13.2. The number of nitrogens with zero attached hydrogens (tertiary/aromatic N) is 4. The summed E-state index contributed by atoms with van der Waals surface area (Å²) in [4.78, 5) is 29.9. The molecule has 1 unspecified atom stereocenters. The Morgan fingerprint density at radius 2 is 1.71 bits per heavy atom. The van der Waals surface area contributed by atoms with E-state index in [0.29, 0.717) is 23.7 Å². The van der Waals surface area contributed by atoms with Crippen molar-refractivity contribution in [3.63, 3.8) is 0 Å². The predicted octanol–water partition coefficient (Wildman–Crippen LogP) is 4.81. The van der Waals surface area contributed by atoms with Crippen molar-refractivity contribution in [2.75, 3.05) is 30.9 Å². The van der Waals surface area contributed by atoms with Crippen LogP contribution in [-0.4, -0.2) is 53.6 Å². The Bertz CT molecular complexity index is 1160. The highest BCUT2D eigenvalue weighted by Crippen LogP contribution is 2.29. The van der Waals surface area contributed by atoms with Crippen LogP contribution in [0.4, 0.5) is 10.8 Å². The fourth-order valence-corrected chi connectivity index (χ4v) is 4.79. The molecule has 1 N–H and O–H groups in total. The smallest absolute Gasteiger partial charge is 0.254 e. The van der Waals surface area contributed by atoms with Gasteiger partial charge < -0.3 is 9.80 Å². The van der Waals surface area contributed by atoms with Crippen molar-refractivity contribution < 1.29 is 9.59 Å². The Morgan fingerprint density at radius 1 is 1.03 bits per heavy atom. The van der Waals surface area contributed by atoms with E-state index in [1.54, 1.807) is 4.90 Å². The largest absolute Gasteiger partial charge is 0.378 e. The van der Waals surface area contributed by atoms with Crippen molar-refractivity contribution in [1.82, 2.24) is 15.1 Å². The summed E-state index contributed by atoms with van der Waals surface area (Å²) >= 11 is 1.33. The number of nitrogens with one attached hydrogen (secondary N) is 1. The molecule has 178 valence electrons. The van der Waals surface area contributed by atoms with Crippen LogP contribution in [0.15, 0.2) is 48.5 Å². The highest BCUT2D eigenvalue weighted by Gasteiger charge is 2.35. The predicted molar refractivity (Wildman–Crippen MR) is 138 cm³/mol. The van der Waals surface area contributed by atoms with Gasteiger partial charge in [0.15, 0.2) is 0 Å². The lowest BCUT2D eigenvalue weighted by Crippen LogP contribution is -2.43. The van der Waals surface area contributed by atoms with E-state index in [1.165, 1.54) is 16.9 Å². The molecule has 2 heterocycles. The monoisotopic (exact) mass is 477 g/mol. The van der Waals surface area contributed by atoms with E-state index >= 15 is 0 Å². The van der Waals surface area contributed by atoms with Crippen LogP contribution in [0.1, 0.15) is 49.5 Å². The van der Waals surface area contributed by atoms with Gasteiger partial charge in [-0.1, -0.05) is 44.2 Å². The van der Waals surface area contributed by atoms with E-state index in [4.69, 9.17) is 0 Å². The Balaban J connectivity index is 1.43. The number of hydrogen-bond acceptors (Lipinski definition) is 6. The summed E-state index contributed by atoms with van der Waals surface area (Å²) in [5.74, 6) is -0.333. The number of rotatable bonds is 5. The second kappa shape index (κ2) is 9.54. The molecule has 8 heteroatoms. The molecule has 1 aliphatic heterocycles. The zero-order chi connectivity index (χ0) is 24.5. The number of carbonyl (C=O) groups is 2. The van der Waals surface area contributed by atoms with Gasteiger partial charge in [-0.25, -0.2) is 0 Å². The topological polar surface area (TPSA) is 78.4 Å². The van der Waals surface area contributed by atoms with Gasteiger partial charge in [0, 0.05) is 37.5 Å². The molecule has 0 bridgehead atoms. The maximum atomic E-state index is 13.2. The summed E-state index contributed by atoms with van der Waals surface area (Å²) in [5.41, 5.74) is 3.84. The highest BCUT2D eigenvalue weighted by atomic mass is 32.1. The zero-order valence-electron chi connectivity index (χ0n) is 20.3. The number of amides is 2. The molecule has 7 nitrogen and oxygen atoms in total. The SMILES string of the molecule is CN(C)c1ccc(-c2nnc(NC(=O)C3CCCN3C(=O)c3ccc(C(C)(C)C)cc3)s2)cc1. The highest BCUT2D eigenvalue weighted by molar-refractivity contribution is 7.18. The minimum absolute atomic E-state index is 0.0205. The summed E-state index contributed by atoms with van der Waals surface area (Å²) in [6.45, 7) is 6.99. The summed E-state index contributed by atoms with van der Waals surface area (Å²) in [6.07, 6.45) is 1.43. The van der Waals surface area contributed by atoms with E-state index in [-0.39, 0.29) is 17.2 Å². The van der Waals surface area contributed by atoms with Crippen molar-refractivity contribution >= 4 is 34.0 Å². The minimum atomic E-state index is -0.512. The van der Waals surface area contributed by atoms with Crippen molar-refractivity contribution in [3.8, 4) is 10.6 Å². The molecule has 1 aromatic heterocycles. The van der Waals surface area contributed by atoms with E-state index in [1.807, 2.05) is 67.5 Å². The fourth-order valence-electron chi connectivity index (χ4n) is 4.04. The van der Waals surface area contributed by atoms with E-state index in [9.17, 15) is 9.59 Å². The van der Waals surface area contributed by atoms with Gasteiger partial charge in [-0.3, -0.25) is 14.9 Å². The lowest BCUT2D eigenvalue weighted by molar-refractivity contribution is -0.119. The molecule has 0 aliphatic carbocycles. The van der Waals surface area contributed by atoms with Crippen LogP contribution >= 0.6 is 11.3 Å². The Morgan fingerprint density at radius 3 is 2.32 bits per heavy atom. The average molecular weight is 478 g/mol. The van der Waals surface area contributed by atoms with Crippen molar-refractivity contribution in [3.05, 3.63) is 59.7 Å². The molecule has 2 amide bonds. The third-order valence-corrected chi connectivity index (χ3v) is 6.99. The normalized spacial score (nSPS) is 15.9. The molecule has 4 rings (SSSR count). The Kier molecular flexibility index (Phi) is 6.70. The average Bonchev–Trinajstić information content (AvgIpc) is 3.48. The number of carbonyl (C=O) groups excluding carboxylic acids is 2. The van der Waals surface area contributed by atoms with Gasteiger partial charge >= 0.3 is 0 Å². The molecule has 2 aromatic carbocycles. The molecular formula is C26H31N5O2S. The lowest BCUT2D eigenvalue weighted by Gasteiger charge is -2.24. The number of anilines is 2. The third-order valence-electron chi connectivity index (χ3n) is 6.10. The fraction of sp³-hybridized carbons (Fsp3) is 0.385. The molecule has 1 saturated heterocycles. The third kappa shape index (κ3) is 5.12. The quantitative estimate of drug-likeness (QED) is 0.570. The second-order valence-corrected chi connectivity index (χ2v) is 10.8.